The molecule has 20 heavy (non-hydrogen) atoms. The van der Waals surface area contributed by atoms with Crippen molar-refractivity contribution in [3.63, 3.8) is 0 Å². The third-order valence-corrected chi connectivity index (χ3v) is 6.14. The molecule has 0 aromatic heterocycles. The predicted molar refractivity (Wildman–Crippen MR) is 87.1 cm³/mol. The molecule has 0 radical (unpaired) electrons. The van der Waals surface area contributed by atoms with Crippen LogP contribution in [0, 0.1) is 0 Å². The minimum atomic E-state index is -3.29. The summed E-state index contributed by atoms with van der Waals surface area (Å²) in [5.74, 6) is 0. The maximum absolute atomic E-state index is 11.7. The van der Waals surface area contributed by atoms with Gasteiger partial charge in [0.2, 0.25) is 0 Å². The molecule has 0 spiro atoms. The van der Waals surface area contributed by atoms with Gasteiger partial charge in [-0.05, 0) is 31.2 Å². The number of thioether (sulfide) groups is 1. The first kappa shape index (κ1) is 15.5. The Morgan fingerprint density at radius 1 is 1.30 bits per heavy atom. The number of nitrogens with one attached hydrogen (secondary N) is 1. The van der Waals surface area contributed by atoms with Crippen LogP contribution in [0.15, 0.2) is 23.1 Å². The predicted octanol–water partition coefficient (Wildman–Crippen LogP) is 2.76. The van der Waals surface area contributed by atoms with Gasteiger partial charge in [0.1, 0.15) is 0 Å². The lowest BCUT2D eigenvalue weighted by atomic mass is 9.94. The van der Waals surface area contributed by atoms with Gasteiger partial charge in [0.15, 0.2) is 9.84 Å². The quantitative estimate of drug-likeness (QED) is 0.836. The average Bonchev–Trinajstić information content (AvgIpc) is 2.40. The number of sulfone groups is 1. The van der Waals surface area contributed by atoms with Crippen LogP contribution >= 0.6 is 11.8 Å². The molecule has 0 bridgehead atoms. The van der Waals surface area contributed by atoms with Crippen LogP contribution < -0.4 is 11.1 Å². The van der Waals surface area contributed by atoms with Crippen molar-refractivity contribution in [2.75, 3.05) is 23.6 Å². The van der Waals surface area contributed by atoms with E-state index in [-0.39, 0.29) is 4.90 Å². The maximum atomic E-state index is 11.7. The molecule has 112 valence electrons. The summed E-state index contributed by atoms with van der Waals surface area (Å²) in [4.78, 5) is 0.207. The van der Waals surface area contributed by atoms with Crippen LogP contribution in [0.2, 0.25) is 0 Å². The Bertz CT molecular complexity index is 573. The van der Waals surface area contributed by atoms with Crippen LogP contribution in [0.1, 0.15) is 25.7 Å². The van der Waals surface area contributed by atoms with Crippen LogP contribution in [0.5, 0.6) is 0 Å². The molecule has 1 aromatic carbocycles. The van der Waals surface area contributed by atoms with E-state index in [0.717, 1.165) is 12.1 Å². The van der Waals surface area contributed by atoms with E-state index >= 15 is 0 Å². The van der Waals surface area contributed by atoms with Crippen molar-refractivity contribution in [3.8, 4) is 0 Å². The second-order valence-corrected chi connectivity index (χ2v) is 8.36. The van der Waals surface area contributed by atoms with Gasteiger partial charge in [-0.15, -0.1) is 0 Å². The molecular weight excluding hydrogens is 292 g/mol. The third-order valence-electron chi connectivity index (χ3n) is 3.81. The molecule has 2 unspecified atom stereocenters. The fourth-order valence-electron chi connectivity index (χ4n) is 2.74. The molecule has 4 nitrogen and oxygen atoms in total. The summed E-state index contributed by atoms with van der Waals surface area (Å²) in [5, 5.41) is 4.01. The zero-order chi connectivity index (χ0) is 14.8. The molecule has 0 aliphatic heterocycles. The standard InChI is InChI=1S/C14H22N2O2S2/c1-19-12-8-4-3-6-10(12)16-11-7-5-9-13(14(11)15)20(2,17)18/h5,7,9-10,12,16H,3-4,6,8,15H2,1-2H3. The van der Waals surface area contributed by atoms with Gasteiger partial charge in [0.25, 0.3) is 0 Å². The maximum Gasteiger partial charge on any atom is 0.177 e. The Morgan fingerprint density at radius 3 is 2.65 bits per heavy atom. The molecule has 1 aliphatic carbocycles. The number of para-hydroxylation sites is 1. The van der Waals surface area contributed by atoms with Gasteiger partial charge < -0.3 is 11.1 Å². The molecule has 6 heteroatoms. The van der Waals surface area contributed by atoms with E-state index in [4.69, 9.17) is 5.73 Å². The number of hydrogen-bond acceptors (Lipinski definition) is 5. The molecule has 1 saturated carbocycles. The highest BCUT2D eigenvalue weighted by atomic mass is 32.2. The van der Waals surface area contributed by atoms with Gasteiger partial charge in [0.05, 0.1) is 16.3 Å². The number of nitrogen functional groups attached to an aromatic ring is 1. The van der Waals surface area contributed by atoms with Crippen molar-refractivity contribution < 1.29 is 8.42 Å². The molecule has 2 atom stereocenters. The summed E-state index contributed by atoms with van der Waals surface area (Å²) in [7, 11) is -3.29. The van der Waals surface area contributed by atoms with Crippen LogP contribution in [-0.4, -0.2) is 32.2 Å². The second-order valence-electron chi connectivity index (χ2n) is 5.30. The molecule has 3 N–H and O–H groups in total. The van der Waals surface area contributed by atoms with Crippen molar-refractivity contribution in [3.05, 3.63) is 18.2 Å². The summed E-state index contributed by atoms with van der Waals surface area (Å²) in [5.41, 5.74) is 7.09. The molecule has 1 fully saturated rings. The van der Waals surface area contributed by atoms with Gasteiger partial charge in [-0.25, -0.2) is 8.42 Å². The van der Waals surface area contributed by atoms with E-state index in [9.17, 15) is 8.42 Å². The molecular formula is C14H22N2O2S2. The molecule has 0 heterocycles. The fraction of sp³-hybridized carbons (Fsp3) is 0.571. The lowest BCUT2D eigenvalue weighted by Crippen LogP contribution is -2.34. The van der Waals surface area contributed by atoms with Crippen molar-refractivity contribution in [2.45, 2.75) is 41.9 Å². The highest BCUT2D eigenvalue weighted by Gasteiger charge is 2.25. The Balaban J connectivity index is 2.25. The summed E-state index contributed by atoms with van der Waals surface area (Å²) >= 11 is 1.87. The van der Waals surface area contributed by atoms with Crippen molar-refractivity contribution >= 4 is 33.0 Å². The van der Waals surface area contributed by atoms with Crippen LogP contribution in [-0.2, 0) is 9.84 Å². The van der Waals surface area contributed by atoms with Gasteiger partial charge >= 0.3 is 0 Å². The Hall–Kier alpha value is -0.880. The lowest BCUT2D eigenvalue weighted by Gasteiger charge is -2.32. The number of anilines is 2. The number of benzene rings is 1. The minimum absolute atomic E-state index is 0.207. The first-order valence-electron chi connectivity index (χ1n) is 6.81. The smallest absolute Gasteiger partial charge is 0.177 e. The number of hydrogen-bond donors (Lipinski definition) is 2. The van der Waals surface area contributed by atoms with Crippen molar-refractivity contribution in [1.82, 2.24) is 0 Å². The number of nitrogens with two attached hydrogens (primary N) is 1. The molecule has 2 rings (SSSR count). The van der Waals surface area contributed by atoms with Crippen LogP contribution in [0.3, 0.4) is 0 Å². The zero-order valence-electron chi connectivity index (χ0n) is 11.9. The third kappa shape index (κ3) is 3.41. The first-order chi connectivity index (χ1) is 9.43. The van der Waals surface area contributed by atoms with Crippen molar-refractivity contribution in [2.24, 2.45) is 0 Å². The van der Waals surface area contributed by atoms with E-state index < -0.39 is 9.84 Å². The van der Waals surface area contributed by atoms with E-state index in [1.807, 2.05) is 17.8 Å². The van der Waals surface area contributed by atoms with Gasteiger partial charge in [0, 0.05) is 17.5 Å². The fourth-order valence-corrected chi connectivity index (χ4v) is 4.51. The normalized spacial score (nSPS) is 23.5. The summed E-state index contributed by atoms with van der Waals surface area (Å²) in [6.45, 7) is 0. The monoisotopic (exact) mass is 314 g/mol. The van der Waals surface area contributed by atoms with E-state index in [0.29, 0.717) is 17.0 Å². The Labute approximate surface area is 125 Å². The van der Waals surface area contributed by atoms with Crippen LogP contribution in [0.4, 0.5) is 11.4 Å². The summed E-state index contributed by atoms with van der Waals surface area (Å²) < 4.78 is 23.4. The first-order valence-corrected chi connectivity index (χ1v) is 9.99. The van der Waals surface area contributed by atoms with E-state index in [1.165, 1.54) is 25.5 Å². The van der Waals surface area contributed by atoms with Crippen LogP contribution in [0.25, 0.3) is 0 Å². The lowest BCUT2D eigenvalue weighted by molar-refractivity contribution is 0.475. The molecule has 1 aliphatic rings. The molecule has 0 amide bonds. The van der Waals surface area contributed by atoms with Gasteiger partial charge in [-0.2, -0.15) is 11.8 Å². The topological polar surface area (TPSA) is 72.2 Å². The summed E-state index contributed by atoms with van der Waals surface area (Å²) in [6.07, 6.45) is 8.09. The second kappa shape index (κ2) is 6.26. The highest BCUT2D eigenvalue weighted by molar-refractivity contribution is 7.99. The van der Waals surface area contributed by atoms with Gasteiger partial charge in [-0.1, -0.05) is 18.9 Å². The minimum Gasteiger partial charge on any atom is -0.396 e. The largest absolute Gasteiger partial charge is 0.396 e. The number of rotatable bonds is 4. The highest BCUT2D eigenvalue weighted by Crippen LogP contribution is 2.33. The Morgan fingerprint density at radius 2 is 2.00 bits per heavy atom. The zero-order valence-corrected chi connectivity index (χ0v) is 13.6. The summed E-state index contributed by atoms with van der Waals surface area (Å²) in [6, 6.07) is 5.51. The molecule has 0 saturated heterocycles. The Kier molecular flexibility index (Phi) is 4.86. The van der Waals surface area contributed by atoms with E-state index in [1.54, 1.807) is 12.1 Å². The van der Waals surface area contributed by atoms with Gasteiger partial charge in [-0.3, -0.25) is 0 Å². The average molecular weight is 314 g/mol. The van der Waals surface area contributed by atoms with Crippen molar-refractivity contribution in [1.29, 1.82) is 0 Å². The SMILES string of the molecule is CSC1CCCCC1Nc1cccc(S(C)(=O)=O)c1N. The van der Waals surface area contributed by atoms with E-state index in [2.05, 4.69) is 11.6 Å². The molecule has 1 aromatic rings.